The van der Waals surface area contributed by atoms with Gasteiger partial charge in [0.1, 0.15) is 4.99 Å². The van der Waals surface area contributed by atoms with Gasteiger partial charge in [-0.1, -0.05) is 24.4 Å². The predicted molar refractivity (Wildman–Crippen MR) is 69.1 cm³/mol. The first kappa shape index (κ1) is 12.0. The lowest BCUT2D eigenvalue weighted by atomic mass is 10.1. The molecule has 0 aromatic heterocycles. The Morgan fingerprint density at radius 1 is 1.29 bits per heavy atom. The number of carbonyl (C=O) groups excluding carboxylic acids is 1. The second-order valence-corrected chi connectivity index (χ2v) is 4.29. The van der Waals surface area contributed by atoms with Crippen LogP contribution in [0.3, 0.4) is 0 Å². The Labute approximate surface area is 105 Å². The molecule has 2 N–H and O–H groups in total. The molecule has 90 valence electrons. The molecule has 0 saturated carbocycles. The summed E-state index contributed by atoms with van der Waals surface area (Å²) in [5, 5.41) is 0. The Bertz CT molecular complexity index is 442. The van der Waals surface area contributed by atoms with E-state index in [0.29, 0.717) is 36.9 Å². The molecule has 2 rings (SSSR count). The number of morpholine rings is 1. The average Bonchev–Trinajstić information content (AvgIpc) is 2.39. The Morgan fingerprint density at radius 2 is 1.94 bits per heavy atom. The summed E-state index contributed by atoms with van der Waals surface area (Å²) in [7, 11) is 0. The smallest absolute Gasteiger partial charge is 0.254 e. The van der Waals surface area contributed by atoms with Crippen LogP contribution in [0, 0.1) is 0 Å². The number of benzene rings is 1. The van der Waals surface area contributed by atoms with Crippen LogP contribution < -0.4 is 5.73 Å². The van der Waals surface area contributed by atoms with Crippen molar-refractivity contribution in [1.29, 1.82) is 0 Å². The SMILES string of the molecule is NC(=S)c1cccc(C(=O)N2CCOCC2)c1. The van der Waals surface area contributed by atoms with E-state index >= 15 is 0 Å². The van der Waals surface area contributed by atoms with Gasteiger partial charge in [0.15, 0.2) is 0 Å². The first-order valence-corrected chi connectivity index (χ1v) is 5.86. The fourth-order valence-electron chi connectivity index (χ4n) is 1.75. The van der Waals surface area contributed by atoms with Gasteiger partial charge >= 0.3 is 0 Å². The highest BCUT2D eigenvalue weighted by molar-refractivity contribution is 7.80. The molecule has 17 heavy (non-hydrogen) atoms. The third kappa shape index (κ3) is 2.81. The van der Waals surface area contributed by atoms with E-state index in [1.165, 1.54) is 0 Å². The van der Waals surface area contributed by atoms with Crippen molar-refractivity contribution < 1.29 is 9.53 Å². The van der Waals surface area contributed by atoms with Crippen LogP contribution in [0.25, 0.3) is 0 Å². The highest BCUT2D eigenvalue weighted by Crippen LogP contribution is 2.10. The lowest BCUT2D eigenvalue weighted by Gasteiger charge is -2.27. The lowest BCUT2D eigenvalue weighted by Crippen LogP contribution is -2.40. The maximum Gasteiger partial charge on any atom is 0.254 e. The molecule has 0 aliphatic carbocycles. The number of nitrogens with zero attached hydrogens (tertiary/aromatic N) is 1. The fraction of sp³-hybridized carbons (Fsp3) is 0.333. The average molecular weight is 250 g/mol. The van der Waals surface area contributed by atoms with Gasteiger partial charge in [-0.3, -0.25) is 4.79 Å². The van der Waals surface area contributed by atoms with Gasteiger partial charge < -0.3 is 15.4 Å². The van der Waals surface area contributed by atoms with Crippen molar-refractivity contribution in [2.24, 2.45) is 5.73 Å². The number of ether oxygens (including phenoxy) is 1. The molecule has 0 spiro atoms. The largest absolute Gasteiger partial charge is 0.389 e. The summed E-state index contributed by atoms with van der Waals surface area (Å²) < 4.78 is 5.21. The zero-order valence-electron chi connectivity index (χ0n) is 9.39. The van der Waals surface area contributed by atoms with Crippen molar-refractivity contribution in [1.82, 2.24) is 4.90 Å². The zero-order chi connectivity index (χ0) is 12.3. The number of thiocarbonyl (C=S) groups is 1. The molecule has 1 aliphatic rings. The van der Waals surface area contributed by atoms with Gasteiger partial charge in [-0.25, -0.2) is 0 Å². The number of nitrogens with two attached hydrogens (primary N) is 1. The highest BCUT2D eigenvalue weighted by Gasteiger charge is 2.18. The summed E-state index contributed by atoms with van der Waals surface area (Å²) in [4.78, 5) is 14.2. The molecule has 0 radical (unpaired) electrons. The van der Waals surface area contributed by atoms with Gasteiger partial charge in [-0.15, -0.1) is 0 Å². The number of hydrogen-bond donors (Lipinski definition) is 1. The summed E-state index contributed by atoms with van der Waals surface area (Å²) in [5.41, 5.74) is 6.89. The van der Waals surface area contributed by atoms with Gasteiger partial charge in [-0.05, 0) is 12.1 Å². The van der Waals surface area contributed by atoms with Crippen molar-refractivity contribution in [3.05, 3.63) is 35.4 Å². The quantitative estimate of drug-likeness (QED) is 0.789. The number of rotatable bonds is 2. The van der Waals surface area contributed by atoms with Gasteiger partial charge in [0.2, 0.25) is 0 Å². The molecule has 0 bridgehead atoms. The van der Waals surface area contributed by atoms with Crippen LogP contribution in [0.1, 0.15) is 15.9 Å². The first-order chi connectivity index (χ1) is 8.18. The molecule has 1 aromatic rings. The standard InChI is InChI=1S/C12H14N2O2S/c13-11(17)9-2-1-3-10(8-9)12(15)14-4-6-16-7-5-14/h1-3,8H,4-7H2,(H2,13,17). The normalized spacial score (nSPS) is 15.6. The number of carbonyl (C=O) groups is 1. The minimum Gasteiger partial charge on any atom is -0.389 e. The predicted octanol–water partition coefficient (Wildman–Crippen LogP) is 0.793. The van der Waals surface area contributed by atoms with Crippen molar-refractivity contribution >= 4 is 23.1 Å². The molecule has 1 aliphatic heterocycles. The maximum absolute atomic E-state index is 12.2. The minimum absolute atomic E-state index is 0.00593. The summed E-state index contributed by atoms with van der Waals surface area (Å²) in [6.45, 7) is 2.47. The van der Waals surface area contributed by atoms with Crippen LogP contribution >= 0.6 is 12.2 Å². The Kier molecular flexibility index (Phi) is 3.71. The molecule has 1 amide bonds. The maximum atomic E-state index is 12.2. The van der Waals surface area contributed by atoms with E-state index in [2.05, 4.69) is 0 Å². The molecule has 5 heteroatoms. The van der Waals surface area contributed by atoms with Gasteiger partial charge in [0.25, 0.3) is 5.91 Å². The second kappa shape index (κ2) is 5.25. The van der Waals surface area contributed by atoms with Crippen LogP contribution in [0.4, 0.5) is 0 Å². The van der Waals surface area contributed by atoms with Crippen LogP contribution in [-0.4, -0.2) is 42.1 Å². The van der Waals surface area contributed by atoms with Gasteiger partial charge in [0, 0.05) is 24.2 Å². The molecule has 1 fully saturated rings. The molecule has 1 heterocycles. The molecular weight excluding hydrogens is 236 g/mol. The Morgan fingerprint density at radius 3 is 2.59 bits per heavy atom. The molecular formula is C12H14N2O2S. The van der Waals surface area contributed by atoms with Crippen molar-refractivity contribution in [3.8, 4) is 0 Å². The topological polar surface area (TPSA) is 55.6 Å². The van der Waals surface area contributed by atoms with E-state index in [0.717, 1.165) is 5.56 Å². The molecule has 0 unspecified atom stereocenters. The van der Waals surface area contributed by atoms with Crippen LogP contribution in [0.5, 0.6) is 0 Å². The Hall–Kier alpha value is -1.46. The zero-order valence-corrected chi connectivity index (χ0v) is 10.2. The van der Waals surface area contributed by atoms with Crippen LogP contribution in [-0.2, 0) is 4.74 Å². The summed E-state index contributed by atoms with van der Waals surface area (Å²) in [6, 6.07) is 7.11. The minimum atomic E-state index is 0.00593. The molecule has 1 aromatic carbocycles. The van der Waals surface area contributed by atoms with Crippen LogP contribution in [0.15, 0.2) is 24.3 Å². The number of amides is 1. The van der Waals surface area contributed by atoms with Gasteiger partial charge in [0.05, 0.1) is 13.2 Å². The third-order valence-corrected chi connectivity index (χ3v) is 2.93. The summed E-state index contributed by atoms with van der Waals surface area (Å²) >= 11 is 4.90. The van der Waals surface area contributed by atoms with E-state index in [9.17, 15) is 4.79 Å². The summed E-state index contributed by atoms with van der Waals surface area (Å²) in [5.74, 6) is 0.00593. The summed E-state index contributed by atoms with van der Waals surface area (Å²) in [6.07, 6.45) is 0. The van der Waals surface area contributed by atoms with Crippen LogP contribution in [0.2, 0.25) is 0 Å². The van der Waals surface area contributed by atoms with Crippen molar-refractivity contribution in [3.63, 3.8) is 0 Å². The van der Waals surface area contributed by atoms with E-state index in [1.54, 1.807) is 29.2 Å². The monoisotopic (exact) mass is 250 g/mol. The van der Waals surface area contributed by atoms with E-state index in [-0.39, 0.29) is 5.91 Å². The van der Waals surface area contributed by atoms with Crippen molar-refractivity contribution in [2.45, 2.75) is 0 Å². The molecule has 1 saturated heterocycles. The fourth-order valence-corrected chi connectivity index (χ4v) is 1.88. The van der Waals surface area contributed by atoms with E-state index < -0.39 is 0 Å². The second-order valence-electron chi connectivity index (χ2n) is 3.85. The Balaban J connectivity index is 2.18. The highest BCUT2D eigenvalue weighted by atomic mass is 32.1. The molecule has 0 atom stereocenters. The lowest BCUT2D eigenvalue weighted by molar-refractivity contribution is 0.0303. The van der Waals surface area contributed by atoms with E-state index in [1.807, 2.05) is 0 Å². The van der Waals surface area contributed by atoms with E-state index in [4.69, 9.17) is 22.7 Å². The number of hydrogen-bond acceptors (Lipinski definition) is 3. The van der Waals surface area contributed by atoms with Gasteiger partial charge in [-0.2, -0.15) is 0 Å². The first-order valence-electron chi connectivity index (χ1n) is 5.45. The molecule has 4 nitrogen and oxygen atoms in total. The third-order valence-electron chi connectivity index (χ3n) is 2.69. The van der Waals surface area contributed by atoms with Crippen molar-refractivity contribution in [2.75, 3.05) is 26.3 Å².